The van der Waals surface area contributed by atoms with Crippen molar-refractivity contribution in [1.82, 2.24) is 0 Å². The van der Waals surface area contributed by atoms with Crippen molar-refractivity contribution in [3.05, 3.63) is 59.1 Å². The zero-order valence-electron chi connectivity index (χ0n) is 8.95. The second kappa shape index (κ2) is 7.47. The van der Waals surface area contributed by atoms with Crippen molar-refractivity contribution in [2.24, 2.45) is 0 Å². The van der Waals surface area contributed by atoms with Gasteiger partial charge in [-0.25, -0.2) is 0 Å². The Morgan fingerprint density at radius 2 is 1.87 bits per heavy atom. The monoisotopic (exact) mass is 264 g/mol. The van der Waals surface area contributed by atoms with Gasteiger partial charge in [0.25, 0.3) is 0 Å². The number of halogens is 1. The average Bonchev–Trinajstić information content (AvgIpc) is 2.26. The first-order valence-corrected chi connectivity index (χ1v) is 6.14. The lowest BCUT2D eigenvalue weighted by molar-refractivity contribution is 0.747. The standard InChI is InChI=1S/C14H17Br/c1-2-3-4-5-6-7-8-13-9-11-14(15)12-10-13/h2-4,9-12H,1,5-8H2. The Hall–Kier alpha value is -0.820. The van der Waals surface area contributed by atoms with Crippen LogP contribution in [0.3, 0.4) is 0 Å². The molecular weight excluding hydrogens is 248 g/mol. The molecule has 1 heteroatoms. The number of allylic oxidation sites excluding steroid dienone is 3. The van der Waals surface area contributed by atoms with Crippen molar-refractivity contribution in [1.29, 1.82) is 0 Å². The van der Waals surface area contributed by atoms with Gasteiger partial charge in [0.2, 0.25) is 0 Å². The molecule has 0 atom stereocenters. The van der Waals surface area contributed by atoms with Crippen molar-refractivity contribution in [2.75, 3.05) is 0 Å². The van der Waals surface area contributed by atoms with Gasteiger partial charge in [-0.2, -0.15) is 0 Å². The Morgan fingerprint density at radius 3 is 2.53 bits per heavy atom. The minimum absolute atomic E-state index is 1.15. The van der Waals surface area contributed by atoms with Gasteiger partial charge < -0.3 is 0 Å². The molecule has 0 aliphatic rings. The minimum Gasteiger partial charge on any atom is -0.0991 e. The molecule has 1 aromatic carbocycles. The first kappa shape index (κ1) is 12.3. The van der Waals surface area contributed by atoms with Crippen LogP contribution in [0.15, 0.2) is 53.5 Å². The van der Waals surface area contributed by atoms with Crippen LogP contribution in [0.5, 0.6) is 0 Å². The molecule has 1 aromatic rings. The average molecular weight is 265 g/mol. The van der Waals surface area contributed by atoms with Gasteiger partial charge in [-0.05, 0) is 43.4 Å². The number of aryl methyl sites for hydroxylation is 1. The second-order valence-electron chi connectivity index (χ2n) is 3.54. The topological polar surface area (TPSA) is 0 Å². The Labute approximate surface area is 101 Å². The van der Waals surface area contributed by atoms with E-state index in [1.54, 1.807) is 0 Å². The van der Waals surface area contributed by atoms with Crippen molar-refractivity contribution < 1.29 is 0 Å². The van der Waals surface area contributed by atoms with Gasteiger partial charge in [-0.1, -0.05) is 52.9 Å². The summed E-state index contributed by atoms with van der Waals surface area (Å²) in [6.45, 7) is 3.64. The lowest BCUT2D eigenvalue weighted by Crippen LogP contribution is -1.84. The predicted molar refractivity (Wildman–Crippen MR) is 71.0 cm³/mol. The van der Waals surface area contributed by atoms with Crippen LogP contribution in [-0.2, 0) is 6.42 Å². The van der Waals surface area contributed by atoms with Crippen LogP contribution in [0.1, 0.15) is 24.8 Å². The van der Waals surface area contributed by atoms with E-state index < -0.39 is 0 Å². The molecule has 0 unspecified atom stereocenters. The number of benzene rings is 1. The molecule has 0 aromatic heterocycles. The molecule has 0 saturated carbocycles. The lowest BCUT2D eigenvalue weighted by Gasteiger charge is -2.00. The van der Waals surface area contributed by atoms with Gasteiger partial charge in [0, 0.05) is 4.47 Å². The molecule has 0 heterocycles. The molecule has 15 heavy (non-hydrogen) atoms. The molecule has 80 valence electrons. The molecule has 0 aliphatic heterocycles. The summed E-state index contributed by atoms with van der Waals surface area (Å²) >= 11 is 3.44. The van der Waals surface area contributed by atoms with Gasteiger partial charge in [0.1, 0.15) is 0 Å². The van der Waals surface area contributed by atoms with E-state index in [9.17, 15) is 0 Å². The van der Waals surface area contributed by atoms with Crippen LogP contribution in [0.4, 0.5) is 0 Å². The number of hydrogen-bond acceptors (Lipinski definition) is 0. The van der Waals surface area contributed by atoms with E-state index in [0.717, 1.165) is 10.9 Å². The van der Waals surface area contributed by atoms with Crippen LogP contribution in [0.2, 0.25) is 0 Å². The third kappa shape index (κ3) is 5.58. The van der Waals surface area contributed by atoms with Crippen molar-refractivity contribution in [2.45, 2.75) is 25.7 Å². The predicted octanol–water partition coefficient (Wildman–Crippen LogP) is 4.90. The maximum atomic E-state index is 3.64. The van der Waals surface area contributed by atoms with Crippen LogP contribution in [-0.4, -0.2) is 0 Å². The summed E-state index contributed by atoms with van der Waals surface area (Å²) in [6, 6.07) is 8.58. The van der Waals surface area contributed by atoms with E-state index in [4.69, 9.17) is 0 Å². The fourth-order valence-electron chi connectivity index (χ4n) is 1.43. The van der Waals surface area contributed by atoms with Crippen LogP contribution >= 0.6 is 15.9 Å². The highest BCUT2D eigenvalue weighted by Crippen LogP contribution is 2.12. The SMILES string of the molecule is C=CC=CCCCCc1ccc(Br)cc1. The molecule has 0 spiro atoms. The van der Waals surface area contributed by atoms with Crippen LogP contribution in [0, 0.1) is 0 Å². The first-order valence-electron chi connectivity index (χ1n) is 5.35. The van der Waals surface area contributed by atoms with E-state index in [-0.39, 0.29) is 0 Å². The van der Waals surface area contributed by atoms with Crippen molar-refractivity contribution in [3.63, 3.8) is 0 Å². The molecule has 0 bridgehead atoms. The molecule has 0 N–H and O–H groups in total. The Bertz CT molecular complexity index is 309. The van der Waals surface area contributed by atoms with E-state index in [1.807, 2.05) is 12.2 Å². The maximum Gasteiger partial charge on any atom is 0.0175 e. The summed E-state index contributed by atoms with van der Waals surface area (Å²) < 4.78 is 1.15. The molecule has 0 aliphatic carbocycles. The smallest absolute Gasteiger partial charge is 0.0175 e. The summed E-state index contributed by atoms with van der Waals surface area (Å²) in [6.07, 6.45) is 10.9. The normalized spacial score (nSPS) is 10.7. The molecule has 0 radical (unpaired) electrons. The number of unbranched alkanes of at least 4 members (excludes halogenated alkanes) is 2. The van der Waals surface area contributed by atoms with Crippen LogP contribution < -0.4 is 0 Å². The van der Waals surface area contributed by atoms with Crippen molar-refractivity contribution in [3.8, 4) is 0 Å². The molecule has 0 amide bonds. The largest absolute Gasteiger partial charge is 0.0991 e. The van der Waals surface area contributed by atoms with Gasteiger partial charge in [0.15, 0.2) is 0 Å². The molecule has 0 saturated heterocycles. The number of hydrogen-bond donors (Lipinski definition) is 0. The van der Waals surface area contributed by atoms with Crippen LogP contribution in [0.25, 0.3) is 0 Å². The summed E-state index contributed by atoms with van der Waals surface area (Å²) in [5.74, 6) is 0. The van der Waals surface area contributed by atoms with Gasteiger partial charge in [0.05, 0.1) is 0 Å². The summed E-state index contributed by atoms with van der Waals surface area (Å²) in [5, 5.41) is 0. The molecule has 0 fully saturated rings. The summed E-state index contributed by atoms with van der Waals surface area (Å²) in [7, 11) is 0. The highest BCUT2D eigenvalue weighted by atomic mass is 79.9. The highest BCUT2D eigenvalue weighted by Gasteiger charge is 1.92. The Balaban J connectivity index is 2.17. The van der Waals surface area contributed by atoms with Gasteiger partial charge in [-0.15, -0.1) is 0 Å². The lowest BCUT2D eigenvalue weighted by atomic mass is 10.1. The maximum absolute atomic E-state index is 3.64. The Morgan fingerprint density at radius 1 is 1.13 bits per heavy atom. The fraction of sp³-hybridized carbons (Fsp3) is 0.286. The van der Waals surface area contributed by atoms with Crippen molar-refractivity contribution >= 4 is 15.9 Å². The number of rotatable bonds is 6. The van der Waals surface area contributed by atoms with E-state index >= 15 is 0 Å². The van der Waals surface area contributed by atoms with Gasteiger partial charge in [-0.3, -0.25) is 0 Å². The van der Waals surface area contributed by atoms with E-state index in [1.165, 1.54) is 24.8 Å². The third-order valence-corrected chi connectivity index (χ3v) is 2.80. The van der Waals surface area contributed by atoms with E-state index in [2.05, 4.69) is 52.9 Å². The van der Waals surface area contributed by atoms with Gasteiger partial charge >= 0.3 is 0 Å². The fourth-order valence-corrected chi connectivity index (χ4v) is 1.70. The minimum atomic E-state index is 1.15. The second-order valence-corrected chi connectivity index (χ2v) is 4.45. The third-order valence-electron chi connectivity index (χ3n) is 2.27. The molecule has 1 rings (SSSR count). The molecule has 0 nitrogen and oxygen atoms in total. The summed E-state index contributed by atoms with van der Waals surface area (Å²) in [4.78, 5) is 0. The molecular formula is C14H17Br. The first-order chi connectivity index (χ1) is 7.33. The quantitative estimate of drug-likeness (QED) is 0.506. The van der Waals surface area contributed by atoms with E-state index in [0.29, 0.717) is 0 Å². The highest BCUT2D eigenvalue weighted by molar-refractivity contribution is 9.10. The zero-order chi connectivity index (χ0) is 10.9. The Kier molecular flexibility index (Phi) is 6.10. The summed E-state index contributed by atoms with van der Waals surface area (Å²) in [5.41, 5.74) is 1.42. The zero-order valence-corrected chi connectivity index (χ0v) is 10.5.